The number of Topliss-reactive ketones (excluding diaryl/α,β-unsaturated/α-hetero) is 1. The van der Waals surface area contributed by atoms with Crippen molar-refractivity contribution < 1.29 is 9.59 Å². The second kappa shape index (κ2) is 6.10. The molecule has 0 saturated carbocycles. The highest BCUT2D eigenvalue weighted by Crippen LogP contribution is 2.26. The van der Waals surface area contributed by atoms with Crippen LogP contribution in [0.25, 0.3) is 0 Å². The summed E-state index contributed by atoms with van der Waals surface area (Å²) >= 11 is 0. The van der Waals surface area contributed by atoms with Crippen molar-refractivity contribution in [1.82, 2.24) is 10.3 Å². The maximum absolute atomic E-state index is 12.6. The largest absolute Gasteiger partial charge is 0.345 e. The number of ketones is 1. The SMILES string of the molecule is CC[C@H](NC(=O)c1cccc2c1CCC2=O)c1cccnc1. The third kappa shape index (κ3) is 2.64. The van der Waals surface area contributed by atoms with Crippen LogP contribution in [0, 0.1) is 0 Å². The van der Waals surface area contributed by atoms with Gasteiger partial charge in [-0.05, 0) is 36.1 Å². The summed E-state index contributed by atoms with van der Waals surface area (Å²) in [6, 6.07) is 9.13. The summed E-state index contributed by atoms with van der Waals surface area (Å²) in [6.45, 7) is 2.02. The van der Waals surface area contributed by atoms with Crippen molar-refractivity contribution in [3.05, 3.63) is 65.0 Å². The number of pyridine rings is 1. The van der Waals surface area contributed by atoms with E-state index in [9.17, 15) is 9.59 Å². The van der Waals surface area contributed by atoms with Crippen molar-refractivity contribution in [2.75, 3.05) is 0 Å². The molecule has 0 bridgehead atoms. The number of aromatic nitrogens is 1. The molecule has 4 heteroatoms. The first-order valence-electron chi connectivity index (χ1n) is 7.56. The van der Waals surface area contributed by atoms with Gasteiger partial charge in [-0.1, -0.05) is 25.1 Å². The van der Waals surface area contributed by atoms with Gasteiger partial charge in [-0.2, -0.15) is 0 Å². The van der Waals surface area contributed by atoms with Gasteiger partial charge >= 0.3 is 0 Å². The van der Waals surface area contributed by atoms with Crippen LogP contribution >= 0.6 is 0 Å². The molecule has 3 rings (SSSR count). The molecule has 112 valence electrons. The van der Waals surface area contributed by atoms with Gasteiger partial charge in [0.05, 0.1) is 6.04 Å². The van der Waals surface area contributed by atoms with Crippen LogP contribution in [0.3, 0.4) is 0 Å². The minimum atomic E-state index is -0.123. The van der Waals surface area contributed by atoms with E-state index in [0.29, 0.717) is 24.0 Å². The molecule has 0 aliphatic heterocycles. The predicted octanol–water partition coefficient (Wildman–Crippen LogP) is 3.09. The van der Waals surface area contributed by atoms with Gasteiger partial charge in [0.15, 0.2) is 5.78 Å². The number of carbonyl (C=O) groups excluding carboxylic acids is 2. The van der Waals surface area contributed by atoms with Crippen LogP contribution in [0.5, 0.6) is 0 Å². The van der Waals surface area contributed by atoms with Crippen LogP contribution in [0.2, 0.25) is 0 Å². The lowest BCUT2D eigenvalue weighted by atomic mass is 10.0. The first-order chi connectivity index (χ1) is 10.7. The highest BCUT2D eigenvalue weighted by molar-refractivity contribution is 6.05. The van der Waals surface area contributed by atoms with E-state index in [1.165, 1.54) is 0 Å². The van der Waals surface area contributed by atoms with E-state index < -0.39 is 0 Å². The van der Waals surface area contributed by atoms with E-state index in [0.717, 1.165) is 17.5 Å². The van der Waals surface area contributed by atoms with Crippen LogP contribution in [-0.2, 0) is 6.42 Å². The van der Waals surface area contributed by atoms with E-state index >= 15 is 0 Å². The third-order valence-corrected chi connectivity index (χ3v) is 4.12. The fourth-order valence-electron chi connectivity index (χ4n) is 2.94. The lowest BCUT2D eigenvalue weighted by Crippen LogP contribution is -2.29. The Morgan fingerprint density at radius 2 is 2.14 bits per heavy atom. The molecule has 4 nitrogen and oxygen atoms in total. The van der Waals surface area contributed by atoms with Crippen molar-refractivity contribution in [3.63, 3.8) is 0 Å². The number of carbonyl (C=O) groups is 2. The van der Waals surface area contributed by atoms with E-state index in [2.05, 4.69) is 10.3 Å². The molecule has 1 heterocycles. The summed E-state index contributed by atoms with van der Waals surface area (Å²) in [4.78, 5) is 28.5. The van der Waals surface area contributed by atoms with Gasteiger partial charge < -0.3 is 5.32 Å². The highest BCUT2D eigenvalue weighted by Gasteiger charge is 2.25. The summed E-state index contributed by atoms with van der Waals surface area (Å²) in [5.41, 5.74) is 3.18. The normalized spacial score (nSPS) is 14.5. The zero-order valence-corrected chi connectivity index (χ0v) is 12.5. The van der Waals surface area contributed by atoms with Gasteiger partial charge in [-0.3, -0.25) is 14.6 Å². The number of fused-ring (bicyclic) bond motifs is 1. The molecule has 0 saturated heterocycles. The maximum atomic E-state index is 12.6. The molecule has 1 amide bonds. The fraction of sp³-hybridized carbons (Fsp3) is 0.278. The fourth-order valence-corrected chi connectivity index (χ4v) is 2.94. The van der Waals surface area contributed by atoms with Crippen LogP contribution in [0.15, 0.2) is 42.7 Å². The summed E-state index contributed by atoms with van der Waals surface area (Å²) < 4.78 is 0. The topological polar surface area (TPSA) is 59.1 Å². The Balaban J connectivity index is 1.85. The van der Waals surface area contributed by atoms with Crippen LogP contribution < -0.4 is 5.32 Å². The lowest BCUT2D eigenvalue weighted by molar-refractivity contribution is 0.0934. The zero-order valence-electron chi connectivity index (χ0n) is 12.5. The molecule has 1 aliphatic carbocycles. The molecule has 22 heavy (non-hydrogen) atoms. The third-order valence-electron chi connectivity index (χ3n) is 4.12. The predicted molar refractivity (Wildman–Crippen MR) is 83.8 cm³/mol. The summed E-state index contributed by atoms with van der Waals surface area (Å²) in [6.07, 6.45) is 5.42. The Morgan fingerprint density at radius 3 is 2.86 bits per heavy atom. The average molecular weight is 294 g/mol. The molecule has 1 aromatic heterocycles. The molecular weight excluding hydrogens is 276 g/mol. The standard InChI is InChI=1S/C18H18N2O2/c1-2-16(12-5-4-10-19-11-12)20-18(22)15-7-3-6-14-13(15)8-9-17(14)21/h3-7,10-11,16H,2,8-9H2,1H3,(H,20,22)/t16-/m0/s1. The number of benzene rings is 1. The van der Waals surface area contributed by atoms with E-state index in [-0.39, 0.29) is 17.7 Å². The molecule has 1 aromatic carbocycles. The molecular formula is C18H18N2O2. The van der Waals surface area contributed by atoms with Crippen molar-refractivity contribution in [2.45, 2.75) is 32.2 Å². The number of hydrogen-bond donors (Lipinski definition) is 1. The van der Waals surface area contributed by atoms with Gasteiger partial charge in [-0.25, -0.2) is 0 Å². The number of nitrogens with zero attached hydrogens (tertiary/aromatic N) is 1. The smallest absolute Gasteiger partial charge is 0.252 e. The second-order valence-electron chi connectivity index (χ2n) is 5.48. The number of amides is 1. The minimum Gasteiger partial charge on any atom is -0.345 e. The van der Waals surface area contributed by atoms with E-state index in [4.69, 9.17) is 0 Å². The monoisotopic (exact) mass is 294 g/mol. The molecule has 0 unspecified atom stereocenters. The molecule has 1 atom stereocenters. The Morgan fingerprint density at radius 1 is 1.27 bits per heavy atom. The molecule has 2 aromatic rings. The molecule has 1 aliphatic rings. The Bertz CT molecular complexity index is 710. The maximum Gasteiger partial charge on any atom is 0.252 e. The van der Waals surface area contributed by atoms with Crippen LogP contribution in [0.4, 0.5) is 0 Å². The summed E-state index contributed by atoms with van der Waals surface area (Å²) in [7, 11) is 0. The number of hydrogen-bond acceptors (Lipinski definition) is 3. The first-order valence-corrected chi connectivity index (χ1v) is 7.56. The van der Waals surface area contributed by atoms with E-state index in [1.54, 1.807) is 30.6 Å². The minimum absolute atomic E-state index is 0.0749. The van der Waals surface area contributed by atoms with Gasteiger partial charge in [0.25, 0.3) is 5.91 Å². The van der Waals surface area contributed by atoms with Crippen molar-refractivity contribution in [2.24, 2.45) is 0 Å². The molecule has 0 spiro atoms. The first kappa shape index (κ1) is 14.4. The average Bonchev–Trinajstić information content (AvgIpc) is 2.94. The van der Waals surface area contributed by atoms with Crippen LogP contribution in [-0.4, -0.2) is 16.7 Å². The summed E-state index contributed by atoms with van der Waals surface area (Å²) in [5.74, 6) is 0.00574. The van der Waals surface area contributed by atoms with Crippen molar-refractivity contribution in [3.8, 4) is 0 Å². The van der Waals surface area contributed by atoms with Gasteiger partial charge in [0.1, 0.15) is 0 Å². The zero-order chi connectivity index (χ0) is 15.5. The van der Waals surface area contributed by atoms with Crippen LogP contribution in [0.1, 0.15) is 57.7 Å². The second-order valence-corrected chi connectivity index (χ2v) is 5.48. The van der Waals surface area contributed by atoms with Crippen molar-refractivity contribution in [1.29, 1.82) is 0 Å². The molecule has 1 N–H and O–H groups in total. The quantitative estimate of drug-likeness (QED) is 0.942. The lowest BCUT2D eigenvalue weighted by Gasteiger charge is -2.18. The molecule has 0 fully saturated rings. The number of nitrogens with one attached hydrogen (secondary N) is 1. The number of rotatable bonds is 4. The van der Waals surface area contributed by atoms with Gasteiger partial charge in [0, 0.05) is 29.9 Å². The van der Waals surface area contributed by atoms with Gasteiger partial charge in [0.2, 0.25) is 0 Å². The molecule has 0 radical (unpaired) electrons. The Hall–Kier alpha value is -2.49. The summed E-state index contributed by atoms with van der Waals surface area (Å²) in [5, 5.41) is 3.05. The van der Waals surface area contributed by atoms with Gasteiger partial charge in [-0.15, -0.1) is 0 Å². The van der Waals surface area contributed by atoms with E-state index in [1.807, 2.05) is 19.1 Å². The Kier molecular flexibility index (Phi) is 4.00. The van der Waals surface area contributed by atoms with Crippen molar-refractivity contribution >= 4 is 11.7 Å². The highest BCUT2D eigenvalue weighted by atomic mass is 16.1. The Labute approximate surface area is 129 Å².